The molecule has 0 atom stereocenters. The van der Waals surface area contributed by atoms with Gasteiger partial charge in [0.1, 0.15) is 0 Å². The van der Waals surface area contributed by atoms with Gasteiger partial charge in [-0.1, -0.05) is 36.4 Å². The minimum absolute atomic E-state index is 0.0717. The Kier molecular flexibility index (Phi) is 6.52. The number of rotatable bonds is 8. The van der Waals surface area contributed by atoms with Crippen molar-refractivity contribution in [1.29, 1.82) is 0 Å². The molecule has 0 saturated carbocycles. The second kappa shape index (κ2) is 9.45. The summed E-state index contributed by atoms with van der Waals surface area (Å²) < 4.78 is 6.46. The summed E-state index contributed by atoms with van der Waals surface area (Å²) in [5.41, 5.74) is 2.06. The summed E-state index contributed by atoms with van der Waals surface area (Å²) in [6.45, 7) is 2.01. The van der Waals surface area contributed by atoms with Crippen LogP contribution in [-0.4, -0.2) is 34.0 Å². The smallest absolute Gasteiger partial charge is 0.358 e. The molecule has 7 nitrogen and oxygen atoms in total. The maximum absolute atomic E-state index is 12.2. The van der Waals surface area contributed by atoms with E-state index in [1.54, 1.807) is 67.7 Å². The SMILES string of the molecule is CCOC(=O)c1ccn(-c2cccc(NC(=O)CCC(=O)c3ccccc3)c2)n1. The predicted molar refractivity (Wildman–Crippen MR) is 108 cm³/mol. The van der Waals surface area contributed by atoms with Crippen LogP contribution in [0.15, 0.2) is 66.9 Å². The van der Waals surface area contributed by atoms with E-state index >= 15 is 0 Å². The summed E-state index contributed by atoms with van der Waals surface area (Å²) in [6, 6.07) is 17.5. The molecule has 1 aromatic heterocycles. The molecular formula is C22H21N3O4. The monoisotopic (exact) mass is 391 g/mol. The van der Waals surface area contributed by atoms with Crippen LogP contribution in [0.3, 0.4) is 0 Å². The number of carbonyl (C=O) groups is 3. The van der Waals surface area contributed by atoms with Crippen molar-refractivity contribution in [3.05, 3.63) is 78.1 Å². The van der Waals surface area contributed by atoms with Gasteiger partial charge >= 0.3 is 5.97 Å². The minimum Gasteiger partial charge on any atom is -0.461 e. The van der Waals surface area contributed by atoms with Crippen molar-refractivity contribution in [2.75, 3.05) is 11.9 Å². The number of ketones is 1. The molecule has 1 amide bonds. The molecule has 0 fully saturated rings. The predicted octanol–water partition coefficient (Wildman–Crippen LogP) is 3.65. The third-order valence-corrected chi connectivity index (χ3v) is 4.14. The Balaban J connectivity index is 1.60. The third-order valence-electron chi connectivity index (χ3n) is 4.14. The Labute approximate surface area is 168 Å². The van der Waals surface area contributed by atoms with E-state index in [2.05, 4.69) is 10.4 Å². The number of Topliss-reactive ketones (excluding diaryl/α,β-unsaturated/α-hetero) is 1. The lowest BCUT2D eigenvalue weighted by Crippen LogP contribution is -2.13. The fourth-order valence-electron chi connectivity index (χ4n) is 2.73. The highest BCUT2D eigenvalue weighted by atomic mass is 16.5. The van der Waals surface area contributed by atoms with Gasteiger partial charge in [-0.2, -0.15) is 5.10 Å². The van der Waals surface area contributed by atoms with Gasteiger partial charge in [-0.3, -0.25) is 9.59 Å². The van der Waals surface area contributed by atoms with Crippen LogP contribution in [0.4, 0.5) is 5.69 Å². The fourth-order valence-corrected chi connectivity index (χ4v) is 2.73. The summed E-state index contributed by atoms with van der Waals surface area (Å²) in [7, 11) is 0. The van der Waals surface area contributed by atoms with Gasteiger partial charge in [0.15, 0.2) is 11.5 Å². The first-order chi connectivity index (χ1) is 14.1. The normalized spacial score (nSPS) is 10.4. The summed E-state index contributed by atoms with van der Waals surface area (Å²) in [5.74, 6) is -0.810. The molecule has 3 rings (SSSR count). The number of esters is 1. The van der Waals surface area contributed by atoms with Crippen LogP contribution in [0, 0.1) is 0 Å². The summed E-state index contributed by atoms with van der Waals surface area (Å²) >= 11 is 0. The van der Waals surface area contributed by atoms with E-state index in [1.165, 1.54) is 4.68 Å². The van der Waals surface area contributed by atoms with Crippen molar-refractivity contribution in [3.63, 3.8) is 0 Å². The molecule has 3 aromatic rings. The van der Waals surface area contributed by atoms with Gasteiger partial charge in [-0.05, 0) is 31.2 Å². The zero-order chi connectivity index (χ0) is 20.6. The average molecular weight is 391 g/mol. The van der Waals surface area contributed by atoms with Gasteiger partial charge < -0.3 is 10.1 Å². The van der Waals surface area contributed by atoms with E-state index in [0.717, 1.165) is 0 Å². The number of ether oxygens (including phenoxy) is 1. The van der Waals surface area contributed by atoms with E-state index in [4.69, 9.17) is 4.74 Å². The molecule has 29 heavy (non-hydrogen) atoms. The first kappa shape index (κ1) is 20.0. The minimum atomic E-state index is -0.487. The molecule has 0 aliphatic heterocycles. The molecule has 1 N–H and O–H groups in total. The number of hydrogen-bond donors (Lipinski definition) is 1. The lowest BCUT2D eigenvalue weighted by molar-refractivity contribution is -0.116. The fraction of sp³-hybridized carbons (Fsp3) is 0.182. The molecule has 0 aliphatic carbocycles. The zero-order valence-corrected chi connectivity index (χ0v) is 16.0. The highest BCUT2D eigenvalue weighted by Gasteiger charge is 2.12. The van der Waals surface area contributed by atoms with Gasteiger partial charge in [-0.25, -0.2) is 9.48 Å². The Morgan fingerprint density at radius 3 is 2.55 bits per heavy atom. The van der Waals surface area contributed by atoms with Crippen LogP contribution in [0.1, 0.15) is 40.6 Å². The number of hydrogen-bond acceptors (Lipinski definition) is 5. The molecular weight excluding hydrogens is 370 g/mol. The van der Waals surface area contributed by atoms with Gasteiger partial charge in [0.05, 0.1) is 12.3 Å². The third kappa shape index (κ3) is 5.38. The first-order valence-corrected chi connectivity index (χ1v) is 9.28. The molecule has 7 heteroatoms. The Hall–Kier alpha value is -3.74. The quantitative estimate of drug-likeness (QED) is 0.468. The Morgan fingerprint density at radius 2 is 1.79 bits per heavy atom. The zero-order valence-electron chi connectivity index (χ0n) is 16.0. The topological polar surface area (TPSA) is 90.3 Å². The number of benzene rings is 2. The maximum atomic E-state index is 12.2. The summed E-state index contributed by atoms with van der Waals surface area (Å²) in [4.78, 5) is 36.1. The van der Waals surface area contributed by atoms with Gasteiger partial charge in [0.2, 0.25) is 5.91 Å². The van der Waals surface area contributed by atoms with Crippen molar-refractivity contribution < 1.29 is 19.1 Å². The molecule has 0 aliphatic rings. The molecule has 1 heterocycles. The van der Waals surface area contributed by atoms with E-state index in [9.17, 15) is 14.4 Å². The van der Waals surface area contributed by atoms with Crippen molar-refractivity contribution >= 4 is 23.3 Å². The molecule has 2 aromatic carbocycles. The lowest BCUT2D eigenvalue weighted by atomic mass is 10.1. The van der Waals surface area contributed by atoms with Gasteiger partial charge in [0.25, 0.3) is 0 Å². The summed E-state index contributed by atoms with van der Waals surface area (Å²) in [5, 5.41) is 6.98. The molecule has 0 unspecified atom stereocenters. The Morgan fingerprint density at radius 1 is 1.00 bits per heavy atom. The molecule has 148 valence electrons. The average Bonchev–Trinajstić information content (AvgIpc) is 3.23. The number of anilines is 1. The number of amides is 1. The van der Waals surface area contributed by atoms with E-state index in [-0.39, 0.29) is 36.8 Å². The van der Waals surface area contributed by atoms with Crippen LogP contribution in [-0.2, 0) is 9.53 Å². The number of nitrogens with one attached hydrogen (secondary N) is 1. The largest absolute Gasteiger partial charge is 0.461 e. The standard InChI is InChI=1S/C22H21N3O4/c1-2-29-22(28)19-13-14-25(24-19)18-10-6-9-17(15-18)23-21(27)12-11-20(26)16-7-4-3-5-8-16/h3-10,13-15H,2,11-12H2,1H3,(H,23,27). The number of aromatic nitrogens is 2. The first-order valence-electron chi connectivity index (χ1n) is 9.28. The molecule has 0 saturated heterocycles. The highest BCUT2D eigenvalue weighted by Crippen LogP contribution is 2.16. The van der Waals surface area contributed by atoms with E-state index < -0.39 is 5.97 Å². The number of nitrogens with zero attached hydrogens (tertiary/aromatic N) is 2. The van der Waals surface area contributed by atoms with Crippen LogP contribution >= 0.6 is 0 Å². The van der Waals surface area contributed by atoms with Crippen LogP contribution < -0.4 is 5.32 Å². The number of carbonyl (C=O) groups excluding carboxylic acids is 3. The van der Waals surface area contributed by atoms with Crippen LogP contribution in [0.25, 0.3) is 5.69 Å². The molecule has 0 spiro atoms. The van der Waals surface area contributed by atoms with E-state index in [0.29, 0.717) is 16.9 Å². The second-order valence-corrected chi connectivity index (χ2v) is 6.25. The van der Waals surface area contributed by atoms with Crippen molar-refractivity contribution in [3.8, 4) is 5.69 Å². The maximum Gasteiger partial charge on any atom is 0.358 e. The van der Waals surface area contributed by atoms with Crippen LogP contribution in [0.5, 0.6) is 0 Å². The Bertz CT molecular complexity index is 1010. The second-order valence-electron chi connectivity index (χ2n) is 6.25. The van der Waals surface area contributed by atoms with Crippen molar-refractivity contribution in [2.24, 2.45) is 0 Å². The van der Waals surface area contributed by atoms with Gasteiger partial charge in [0, 0.05) is 30.3 Å². The van der Waals surface area contributed by atoms with E-state index in [1.807, 2.05) is 6.07 Å². The van der Waals surface area contributed by atoms with Crippen molar-refractivity contribution in [1.82, 2.24) is 9.78 Å². The highest BCUT2D eigenvalue weighted by molar-refractivity contribution is 6.00. The van der Waals surface area contributed by atoms with Crippen LogP contribution in [0.2, 0.25) is 0 Å². The lowest BCUT2D eigenvalue weighted by Gasteiger charge is -2.08. The molecule has 0 bridgehead atoms. The van der Waals surface area contributed by atoms with Gasteiger partial charge in [-0.15, -0.1) is 0 Å². The summed E-state index contributed by atoms with van der Waals surface area (Å²) in [6.07, 6.45) is 1.87. The molecule has 0 radical (unpaired) electrons. The van der Waals surface area contributed by atoms with Crippen molar-refractivity contribution in [2.45, 2.75) is 19.8 Å².